The Bertz CT molecular complexity index is 680. The highest BCUT2D eigenvalue weighted by Crippen LogP contribution is 2.18. The fraction of sp³-hybridized carbons (Fsp3) is 0.611. The summed E-state index contributed by atoms with van der Waals surface area (Å²) in [5.41, 5.74) is 0.348. The van der Waals surface area contributed by atoms with Crippen molar-refractivity contribution in [2.75, 3.05) is 45.9 Å². The summed E-state index contributed by atoms with van der Waals surface area (Å²) in [6, 6.07) is 5.91. The second kappa shape index (κ2) is 9.45. The molecule has 26 heavy (non-hydrogen) atoms. The minimum absolute atomic E-state index is 0.196. The van der Waals surface area contributed by atoms with Crippen LogP contribution in [-0.4, -0.2) is 75.6 Å². The van der Waals surface area contributed by atoms with Gasteiger partial charge in [-0.25, -0.2) is 13.2 Å². The van der Waals surface area contributed by atoms with Gasteiger partial charge in [0.15, 0.2) is 0 Å². The fourth-order valence-corrected chi connectivity index (χ4v) is 4.16. The predicted molar refractivity (Wildman–Crippen MR) is 98.7 cm³/mol. The van der Waals surface area contributed by atoms with Crippen molar-refractivity contribution in [3.8, 4) is 0 Å². The Morgan fingerprint density at radius 1 is 1.12 bits per heavy atom. The second-order valence-electron chi connectivity index (χ2n) is 6.41. The van der Waals surface area contributed by atoms with Crippen LogP contribution in [0.15, 0.2) is 29.2 Å². The Labute approximate surface area is 155 Å². The van der Waals surface area contributed by atoms with Crippen molar-refractivity contribution in [2.45, 2.75) is 31.8 Å². The van der Waals surface area contributed by atoms with E-state index in [0.717, 1.165) is 6.54 Å². The van der Waals surface area contributed by atoms with Gasteiger partial charge in [0.25, 0.3) is 0 Å². The van der Waals surface area contributed by atoms with E-state index in [1.807, 2.05) is 13.8 Å². The van der Waals surface area contributed by atoms with E-state index in [2.05, 4.69) is 4.90 Å². The van der Waals surface area contributed by atoms with Crippen molar-refractivity contribution in [3.05, 3.63) is 29.8 Å². The van der Waals surface area contributed by atoms with E-state index < -0.39 is 16.0 Å². The van der Waals surface area contributed by atoms with Gasteiger partial charge in [0.05, 0.1) is 29.8 Å². The number of hydrogen-bond donors (Lipinski definition) is 0. The zero-order chi connectivity index (χ0) is 19.2. The lowest BCUT2D eigenvalue weighted by atomic mass is 10.2. The maximum absolute atomic E-state index is 12.8. The molecule has 146 valence electrons. The second-order valence-corrected chi connectivity index (χ2v) is 8.35. The van der Waals surface area contributed by atoms with Crippen LogP contribution in [0.25, 0.3) is 0 Å². The molecule has 7 nitrogen and oxygen atoms in total. The van der Waals surface area contributed by atoms with E-state index in [4.69, 9.17) is 9.47 Å². The third-order valence-corrected chi connectivity index (χ3v) is 6.11. The van der Waals surface area contributed by atoms with Crippen molar-refractivity contribution in [2.24, 2.45) is 0 Å². The van der Waals surface area contributed by atoms with Gasteiger partial charge in [0.2, 0.25) is 10.0 Å². The molecule has 0 N–H and O–H groups in total. The topological polar surface area (TPSA) is 76.2 Å². The highest BCUT2D eigenvalue weighted by atomic mass is 32.2. The molecule has 1 aliphatic heterocycles. The lowest BCUT2D eigenvalue weighted by Gasteiger charge is -2.34. The summed E-state index contributed by atoms with van der Waals surface area (Å²) < 4.78 is 37.5. The minimum Gasteiger partial charge on any atom is -0.462 e. The molecule has 1 aliphatic rings. The zero-order valence-electron chi connectivity index (χ0n) is 15.7. The molecule has 1 heterocycles. The Kier molecular flexibility index (Phi) is 7.57. The summed E-state index contributed by atoms with van der Waals surface area (Å²) in [4.78, 5) is 14.1. The largest absolute Gasteiger partial charge is 0.462 e. The van der Waals surface area contributed by atoms with Gasteiger partial charge in [0.1, 0.15) is 0 Å². The first kappa shape index (κ1) is 20.8. The number of esters is 1. The van der Waals surface area contributed by atoms with Crippen LogP contribution in [0.3, 0.4) is 0 Å². The number of rotatable bonds is 8. The van der Waals surface area contributed by atoms with E-state index in [1.54, 1.807) is 6.92 Å². The average Bonchev–Trinajstić information content (AvgIpc) is 2.62. The molecule has 8 heteroatoms. The van der Waals surface area contributed by atoms with Gasteiger partial charge in [0, 0.05) is 32.7 Å². The average molecular weight is 384 g/mol. The summed E-state index contributed by atoms with van der Waals surface area (Å²) in [5.74, 6) is -0.450. The lowest BCUT2D eigenvalue weighted by Crippen LogP contribution is -2.49. The molecule has 0 spiro atoms. The van der Waals surface area contributed by atoms with Gasteiger partial charge in [-0.05, 0) is 45.0 Å². The van der Waals surface area contributed by atoms with Crippen LogP contribution in [0.2, 0.25) is 0 Å². The van der Waals surface area contributed by atoms with Gasteiger partial charge >= 0.3 is 5.97 Å². The third-order valence-electron chi connectivity index (χ3n) is 4.19. The van der Waals surface area contributed by atoms with Crippen LogP contribution >= 0.6 is 0 Å². The highest BCUT2D eigenvalue weighted by molar-refractivity contribution is 7.89. The number of nitrogens with zero attached hydrogens (tertiary/aromatic N) is 2. The SMILES string of the molecule is CCOC(=O)c1ccc(S(=O)(=O)N2CCN(CCOC(C)C)CC2)cc1. The molecular weight excluding hydrogens is 356 g/mol. The Hall–Kier alpha value is -1.48. The minimum atomic E-state index is -3.55. The first-order valence-corrected chi connectivity index (χ1v) is 10.4. The molecule has 0 aliphatic carbocycles. The lowest BCUT2D eigenvalue weighted by molar-refractivity contribution is 0.0517. The molecular formula is C18H28N2O5S. The number of carbonyl (C=O) groups is 1. The van der Waals surface area contributed by atoms with Crippen molar-refractivity contribution >= 4 is 16.0 Å². The first-order valence-electron chi connectivity index (χ1n) is 8.96. The smallest absolute Gasteiger partial charge is 0.338 e. The monoisotopic (exact) mass is 384 g/mol. The van der Waals surface area contributed by atoms with Crippen LogP contribution in [0.1, 0.15) is 31.1 Å². The summed E-state index contributed by atoms with van der Waals surface area (Å²) in [6.45, 7) is 9.72. The quantitative estimate of drug-likeness (QED) is 0.634. The molecule has 1 aromatic rings. The van der Waals surface area contributed by atoms with Crippen LogP contribution in [0.4, 0.5) is 0 Å². The number of carbonyl (C=O) groups excluding carboxylic acids is 1. The van der Waals surface area contributed by atoms with E-state index in [9.17, 15) is 13.2 Å². The molecule has 0 atom stereocenters. The number of benzene rings is 1. The molecule has 2 rings (SSSR count). The van der Waals surface area contributed by atoms with Gasteiger partial charge in [-0.15, -0.1) is 0 Å². The van der Waals surface area contributed by atoms with Crippen molar-refractivity contribution in [1.82, 2.24) is 9.21 Å². The van der Waals surface area contributed by atoms with Crippen LogP contribution in [0.5, 0.6) is 0 Å². The molecule has 0 bridgehead atoms. The molecule has 0 saturated carbocycles. The van der Waals surface area contributed by atoms with Gasteiger partial charge < -0.3 is 9.47 Å². The molecule has 1 saturated heterocycles. The summed E-state index contributed by atoms with van der Waals surface area (Å²) in [5, 5.41) is 0. The van der Waals surface area contributed by atoms with E-state index in [-0.39, 0.29) is 17.6 Å². The number of ether oxygens (including phenoxy) is 2. The first-order chi connectivity index (χ1) is 12.3. The van der Waals surface area contributed by atoms with Gasteiger partial charge in [-0.2, -0.15) is 4.31 Å². The maximum Gasteiger partial charge on any atom is 0.338 e. The number of piperazine rings is 1. The molecule has 0 radical (unpaired) electrons. The van der Waals surface area contributed by atoms with Gasteiger partial charge in [-0.1, -0.05) is 0 Å². The summed E-state index contributed by atoms with van der Waals surface area (Å²) in [7, 11) is -3.55. The molecule has 0 unspecified atom stereocenters. The van der Waals surface area contributed by atoms with Gasteiger partial charge in [-0.3, -0.25) is 4.90 Å². The van der Waals surface area contributed by atoms with E-state index >= 15 is 0 Å². The molecule has 0 amide bonds. The van der Waals surface area contributed by atoms with E-state index in [0.29, 0.717) is 38.3 Å². The standard InChI is InChI=1S/C18H28N2O5S/c1-4-24-18(21)16-5-7-17(8-6-16)26(22,23)20-11-9-19(10-12-20)13-14-25-15(2)3/h5-8,15H,4,9-14H2,1-3H3. The Morgan fingerprint density at radius 3 is 2.27 bits per heavy atom. The van der Waals surface area contributed by atoms with Crippen LogP contribution in [0, 0.1) is 0 Å². The van der Waals surface area contributed by atoms with Crippen LogP contribution in [-0.2, 0) is 19.5 Å². The third kappa shape index (κ3) is 5.51. The molecule has 1 fully saturated rings. The zero-order valence-corrected chi connectivity index (χ0v) is 16.5. The predicted octanol–water partition coefficient (Wildman–Crippen LogP) is 1.59. The van der Waals surface area contributed by atoms with Crippen molar-refractivity contribution in [1.29, 1.82) is 0 Å². The molecule has 1 aromatic carbocycles. The normalized spacial score (nSPS) is 16.8. The highest BCUT2D eigenvalue weighted by Gasteiger charge is 2.28. The van der Waals surface area contributed by atoms with Crippen molar-refractivity contribution < 1.29 is 22.7 Å². The summed E-state index contributed by atoms with van der Waals surface area (Å²) >= 11 is 0. The van der Waals surface area contributed by atoms with E-state index in [1.165, 1.54) is 28.6 Å². The number of hydrogen-bond acceptors (Lipinski definition) is 6. The van der Waals surface area contributed by atoms with Crippen LogP contribution < -0.4 is 0 Å². The number of sulfonamides is 1. The Morgan fingerprint density at radius 2 is 1.73 bits per heavy atom. The van der Waals surface area contributed by atoms with Crippen molar-refractivity contribution in [3.63, 3.8) is 0 Å². The maximum atomic E-state index is 12.8. The fourth-order valence-electron chi connectivity index (χ4n) is 2.74. The molecule has 0 aromatic heterocycles. The summed E-state index contributed by atoms with van der Waals surface area (Å²) in [6.07, 6.45) is 0.203. The Balaban J connectivity index is 1.93.